The fourth-order valence-electron chi connectivity index (χ4n) is 4.25. The number of carbonyl (C=O) groups is 3. The maximum absolute atomic E-state index is 13.2. The number of rotatable bonds is 11. The van der Waals surface area contributed by atoms with E-state index in [4.69, 9.17) is 25.8 Å². The van der Waals surface area contributed by atoms with Crippen LogP contribution in [0.4, 0.5) is 15.8 Å². The molecule has 2 amide bonds. The molecule has 1 aromatic heterocycles. The van der Waals surface area contributed by atoms with Gasteiger partial charge in [-0.25, -0.2) is 4.39 Å². The Hall–Kier alpha value is -4.30. The number of hydrogen-bond donors (Lipinski definition) is 2. The second-order valence-corrected chi connectivity index (χ2v) is 9.89. The van der Waals surface area contributed by atoms with E-state index < -0.39 is 29.0 Å². The van der Waals surface area contributed by atoms with Gasteiger partial charge in [-0.05, 0) is 61.4 Å². The van der Waals surface area contributed by atoms with Crippen LogP contribution in [-0.2, 0) is 14.4 Å². The molecule has 2 N–H and O–H groups in total. The van der Waals surface area contributed by atoms with Crippen LogP contribution >= 0.6 is 11.6 Å². The van der Waals surface area contributed by atoms with Gasteiger partial charge in [-0.1, -0.05) is 17.7 Å². The van der Waals surface area contributed by atoms with Gasteiger partial charge in [0.2, 0.25) is 11.8 Å². The molecule has 0 unspecified atom stereocenters. The summed E-state index contributed by atoms with van der Waals surface area (Å²) in [6.45, 7) is -0.107. The van der Waals surface area contributed by atoms with Crippen molar-refractivity contribution in [3.8, 4) is 23.0 Å². The fourth-order valence-corrected chi connectivity index (χ4v) is 4.46. The topological polar surface area (TPSA) is 139 Å². The quantitative estimate of drug-likeness (QED) is 0.196. The normalized spacial score (nSPS) is 12.9. The average molecular weight is 600 g/mol. The number of pyridine rings is 1. The van der Waals surface area contributed by atoms with E-state index in [9.17, 15) is 23.9 Å². The Morgan fingerprint density at radius 1 is 0.977 bits per heavy atom. The summed E-state index contributed by atoms with van der Waals surface area (Å²) in [5.41, 5.74) is -0.154. The van der Waals surface area contributed by atoms with Crippen LogP contribution in [0.25, 0.3) is 10.9 Å². The van der Waals surface area contributed by atoms with Gasteiger partial charge in [0.05, 0.1) is 24.9 Å². The molecule has 1 aliphatic carbocycles. The summed E-state index contributed by atoms with van der Waals surface area (Å²) in [4.78, 5) is 41.2. The Morgan fingerprint density at radius 2 is 1.70 bits per heavy atom. The molecule has 10 nitrogen and oxygen atoms in total. The molecular weight excluding hydrogens is 576 g/mol. The molecule has 0 saturated heterocycles. The van der Waals surface area contributed by atoms with Crippen molar-refractivity contribution in [1.29, 1.82) is 0 Å². The summed E-state index contributed by atoms with van der Waals surface area (Å²) >= 11 is 6.63. The average Bonchev–Trinajstić information content (AvgIpc) is 3.78. The number of amides is 2. The minimum Gasteiger partial charge on any atom is -0.550 e. The molecule has 0 bridgehead atoms. The first-order chi connectivity index (χ1) is 20.2. The van der Waals surface area contributed by atoms with Gasteiger partial charge in [-0.3, -0.25) is 14.6 Å². The number of nitrogens with one attached hydrogen (secondary N) is 2. The Morgan fingerprint density at radius 3 is 2.37 bits per heavy atom. The zero-order chi connectivity index (χ0) is 29.9. The molecule has 1 fully saturated rings. The van der Waals surface area contributed by atoms with Crippen LogP contribution in [0.3, 0.4) is 0 Å². The standard InChI is InChI=1S/C30H25ClFN3O7.Li/c1-40-24-15-19-21(16-25(24)41-14-10-26(36)37)33-13-9-22(19)42-23-4-2-3-20(27(23)31)35-29(39)30(11-12-30)28(38)34-18-7-5-17(32)6-8-18;/h2-9,13,15-16H,10-12,14H2,1H3,(H,34,38)(H,35,39)(H,36,37);/q;+1/p-1. The molecule has 13 heteroatoms. The van der Waals surface area contributed by atoms with Crippen molar-refractivity contribution in [2.75, 3.05) is 24.4 Å². The number of aliphatic carboxylic acids is 1. The zero-order valence-electron chi connectivity index (χ0n) is 23.2. The first-order valence-corrected chi connectivity index (χ1v) is 13.2. The van der Waals surface area contributed by atoms with Gasteiger partial charge in [0.15, 0.2) is 11.5 Å². The van der Waals surface area contributed by atoms with Crippen LogP contribution in [0.2, 0.25) is 5.02 Å². The smallest absolute Gasteiger partial charge is 0.550 e. The van der Waals surface area contributed by atoms with E-state index in [1.165, 1.54) is 37.6 Å². The van der Waals surface area contributed by atoms with E-state index in [0.717, 1.165) is 0 Å². The van der Waals surface area contributed by atoms with Crippen LogP contribution in [0.1, 0.15) is 19.3 Å². The maximum Gasteiger partial charge on any atom is 1.00 e. The van der Waals surface area contributed by atoms with Gasteiger partial charge < -0.3 is 34.7 Å². The van der Waals surface area contributed by atoms with Crippen LogP contribution in [-0.4, -0.2) is 36.5 Å². The number of carbonyl (C=O) groups excluding carboxylic acids is 3. The number of carboxylic acid groups (broad SMARTS) is 1. The second kappa shape index (κ2) is 13.3. The SMILES string of the molecule is COc1cc2c(Oc3cccc(NC(=O)C4(C(=O)Nc5ccc(F)cc5)CC4)c3Cl)ccnc2cc1OCCC(=O)[O-].[Li+]. The van der Waals surface area contributed by atoms with E-state index in [0.29, 0.717) is 46.7 Å². The minimum absolute atomic E-state index is 0. The molecule has 3 aromatic carbocycles. The third-order valence-electron chi connectivity index (χ3n) is 6.70. The third-order valence-corrected chi connectivity index (χ3v) is 7.09. The summed E-state index contributed by atoms with van der Waals surface area (Å²) in [6.07, 6.45) is 1.93. The molecule has 4 aromatic rings. The molecule has 216 valence electrons. The monoisotopic (exact) mass is 599 g/mol. The minimum atomic E-state index is -1.27. The van der Waals surface area contributed by atoms with Crippen LogP contribution in [0.5, 0.6) is 23.0 Å². The predicted molar refractivity (Wildman–Crippen MR) is 150 cm³/mol. The van der Waals surface area contributed by atoms with Crippen molar-refractivity contribution in [3.05, 3.63) is 77.7 Å². The number of methoxy groups -OCH3 is 1. The Balaban J connectivity index is 0.00000423. The summed E-state index contributed by atoms with van der Waals surface area (Å²) in [5.74, 6) is -1.44. The Bertz CT molecular complexity index is 1680. The van der Waals surface area contributed by atoms with E-state index in [-0.39, 0.29) is 48.3 Å². The van der Waals surface area contributed by atoms with Gasteiger partial charge >= 0.3 is 18.9 Å². The van der Waals surface area contributed by atoms with Crippen molar-refractivity contribution in [1.82, 2.24) is 4.98 Å². The first-order valence-electron chi connectivity index (χ1n) is 12.8. The Labute approximate surface area is 262 Å². The van der Waals surface area contributed by atoms with Crippen molar-refractivity contribution >= 4 is 51.7 Å². The number of nitrogens with zero attached hydrogens (tertiary/aromatic N) is 1. The summed E-state index contributed by atoms with van der Waals surface area (Å²) < 4.78 is 30.3. The summed E-state index contributed by atoms with van der Waals surface area (Å²) in [7, 11) is 1.44. The van der Waals surface area contributed by atoms with Crippen LogP contribution < -0.4 is 48.8 Å². The molecule has 0 spiro atoms. The molecule has 5 rings (SSSR count). The van der Waals surface area contributed by atoms with E-state index in [1.807, 2.05) is 0 Å². The fraction of sp³-hybridized carbons (Fsp3) is 0.200. The van der Waals surface area contributed by atoms with Crippen molar-refractivity contribution in [3.63, 3.8) is 0 Å². The number of anilines is 2. The first kappa shape index (κ1) is 31.6. The molecule has 0 radical (unpaired) electrons. The number of carboxylic acids is 1. The number of halogens is 2. The molecule has 0 atom stereocenters. The number of aromatic nitrogens is 1. The van der Waals surface area contributed by atoms with Gasteiger partial charge in [-0.2, -0.15) is 0 Å². The van der Waals surface area contributed by atoms with Crippen LogP contribution in [0, 0.1) is 11.2 Å². The number of benzene rings is 3. The number of fused-ring (bicyclic) bond motifs is 1. The number of hydrogen-bond acceptors (Lipinski definition) is 8. The predicted octanol–water partition coefficient (Wildman–Crippen LogP) is 1.71. The second-order valence-electron chi connectivity index (χ2n) is 9.52. The molecule has 0 aliphatic heterocycles. The van der Waals surface area contributed by atoms with Crippen molar-refractivity contribution in [2.45, 2.75) is 19.3 Å². The van der Waals surface area contributed by atoms with Gasteiger partial charge in [0, 0.05) is 35.7 Å². The van der Waals surface area contributed by atoms with Crippen LogP contribution in [0.15, 0.2) is 66.9 Å². The third kappa shape index (κ3) is 7.02. The van der Waals surface area contributed by atoms with E-state index in [1.54, 1.807) is 36.4 Å². The molecule has 43 heavy (non-hydrogen) atoms. The van der Waals surface area contributed by atoms with Gasteiger partial charge in [0.1, 0.15) is 27.8 Å². The zero-order valence-corrected chi connectivity index (χ0v) is 24.0. The van der Waals surface area contributed by atoms with Crippen molar-refractivity contribution in [2.24, 2.45) is 5.41 Å². The maximum atomic E-state index is 13.2. The number of ether oxygens (including phenoxy) is 3. The van der Waals surface area contributed by atoms with E-state index >= 15 is 0 Å². The van der Waals surface area contributed by atoms with Gasteiger partial charge in [0.25, 0.3) is 0 Å². The molecule has 1 aliphatic rings. The largest absolute Gasteiger partial charge is 1.00 e. The van der Waals surface area contributed by atoms with Gasteiger partial charge in [-0.15, -0.1) is 0 Å². The summed E-state index contributed by atoms with van der Waals surface area (Å²) in [5, 5.41) is 16.8. The van der Waals surface area contributed by atoms with E-state index in [2.05, 4.69) is 15.6 Å². The molecule has 1 heterocycles. The Kier molecular flexibility index (Phi) is 9.81. The molecule has 1 saturated carbocycles. The van der Waals surface area contributed by atoms with Crippen molar-refractivity contribution < 1.29 is 57.0 Å². The molecular formula is C30H24ClFLiN3O7. The summed E-state index contributed by atoms with van der Waals surface area (Å²) in [6, 6.07) is 15.0.